The minimum absolute atomic E-state index is 0.123. The molecule has 1 saturated carbocycles. The van der Waals surface area contributed by atoms with E-state index in [0.717, 1.165) is 64.3 Å². The van der Waals surface area contributed by atoms with E-state index in [-0.39, 0.29) is 36.4 Å². The van der Waals surface area contributed by atoms with E-state index < -0.39 is 6.10 Å². The molecule has 34 heavy (non-hydrogen) atoms. The molecule has 8 nitrogen and oxygen atoms in total. The highest BCUT2D eigenvalue weighted by Crippen LogP contribution is 2.42. The zero-order valence-corrected chi connectivity index (χ0v) is 21.7. The van der Waals surface area contributed by atoms with Crippen LogP contribution in [0.15, 0.2) is 0 Å². The van der Waals surface area contributed by atoms with Crippen LogP contribution in [0.1, 0.15) is 91.4 Å². The van der Waals surface area contributed by atoms with E-state index in [2.05, 4.69) is 12.2 Å². The number of aliphatic hydroxyl groups excluding tert-OH is 1. The van der Waals surface area contributed by atoms with Crippen LogP contribution in [0.2, 0.25) is 0 Å². The molecule has 0 radical (unpaired) electrons. The number of piperidine rings is 1. The lowest BCUT2D eigenvalue weighted by Gasteiger charge is -2.44. The number of ether oxygens (including phenoxy) is 3. The van der Waals surface area contributed by atoms with Crippen LogP contribution < -0.4 is 11.1 Å². The second-order valence-electron chi connectivity index (χ2n) is 10.5. The van der Waals surface area contributed by atoms with Gasteiger partial charge in [0.1, 0.15) is 18.4 Å². The predicted molar refractivity (Wildman–Crippen MR) is 130 cm³/mol. The van der Waals surface area contributed by atoms with Gasteiger partial charge in [-0.1, -0.05) is 19.8 Å². The molecule has 1 aliphatic heterocycles. The van der Waals surface area contributed by atoms with E-state index in [1.54, 1.807) is 7.11 Å². The molecule has 2 rings (SSSR count). The highest BCUT2D eigenvalue weighted by atomic mass is 16.6. The molecule has 5 N–H and O–H groups in total. The first-order valence-electron chi connectivity index (χ1n) is 13.4. The first-order valence-corrected chi connectivity index (χ1v) is 13.4. The fourth-order valence-corrected chi connectivity index (χ4v) is 6.13. The highest BCUT2D eigenvalue weighted by molar-refractivity contribution is 5.66. The van der Waals surface area contributed by atoms with Crippen molar-refractivity contribution >= 4 is 11.9 Å². The lowest BCUT2D eigenvalue weighted by atomic mass is 9.66. The smallest absolute Gasteiger partial charge is 0.302 e. The number of methoxy groups -OCH3 is 1. The van der Waals surface area contributed by atoms with Crippen molar-refractivity contribution in [2.45, 2.75) is 122 Å². The molecule has 8 heteroatoms. The Kier molecular flexibility index (Phi) is 12.8. The molecular weight excluding hydrogens is 436 g/mol. The zero-order valence-electron chi connectivity index (χ0n) is 21.7. The van der Waals surface area contributed by atoms with E-state index in [1.165, 1.54) is 13.8 Å². The van der Waals surface area contributed by atoms with Crippen molar-refractivity contribution in [3.8, 4) is 0 Å². The number of rotatable bonds is 13. The Hall–Kier alpha value is -1.22. The number of hydrogen-bond acceptors (Lipinski definition) is 7. The van der Waals surface area contributed by atoms with Crippen molar-refractivity contribution < 1.29 is 34.2 Å². The quantitative estimate of drug-likeness (QED) is 0.270. The second kappa shape index (κ2) is 15.0. The number of aliphatic hydroxyl groups is 1. The topological polar surface area (TPSA) is 125 Å². The summed E-state index contributed by atoms with van der Waals surface area (Å²) in [4.78, 5) is 23.5. The van der Waals surface area contributed by atoms with Crippen molar-refractivity contribution in [3.63, 3.8) is 0 Å². The number of carbonyl (C=O) groups is 2. The van der Waals surface area contributed by atoms with Crippen LogP contribution in [0.5, 0.6) is 0 Å². The second-order valence-corrected chi connectivity index (χ2v) is 10.5. The van der Waals surface area contributed by atoms with Crippen LogP contribution in [-0.4, -0.2) is 61.3 Å². The van der Waals surface area contributed by atoms with Crippen molar-refractivity contribution in [1.29, 1.82) is 0 Å². The Labute approximate surface area is 205 Å². The van der Waals surface area contributed by atoms with Gasteiger partial charge in [-0.2, -0.15) is 0 Å². The average molecular weight is 486 g/mol. The molecule has 198 valence electrons. The summed E-state index contributed by atoms with van der Waals surface area (Å²) in [5.74, 6) is 0.645. The molecular formula is C26H49N2O6+. The number of hydrogen-bond donors (Lipinski definition) is 3. The molecule has 0 aromatic carbocycles. The van der Waals surface area contributed by atoms with Gasteiger partial charge >= 0.3 is 11.9 Å². The molecule has 0 aromatic rings. The van der Waals surface area contributed by atoms with E-state index in [0.29, 0.717) is 30.6 Å². The number of unbranched alkanes of at least 4 members (excludes halogenated alkanes) is 2. The number of esters is 2. The van der Waals surface area contributed by atoms with Gasteiger partial charge in [-0.25, -0.2) is 0 Å². The molecule has 1 aliphatic carbocycles. The van der Waals surface area contributed by atoms with Crippen LogP contribution in [-0.2, 0) is 23.8 Å². The van der Waals surface area contributed by atoms with E-state index in [4.69, 9.17) is 19.9 Å². The van der Waals surface area contributed by atoms with E-state index in [1.807, 2.05) is 0 Å². The van der Waals surface area contributed by atoms with Crippen LogP contribution in [0.4, 0.5) is 0 Å². The standard InChI is InChI=1S/C26H48N2O6/c1-5-6-7-8-21(33-17(2)29)15-22(34-18(3)30)10-9-19-13-25(32-4)24(31)16-23(19)20-11-12-28-26(27)14-20/h19-26,28,31H,5-16,27H2,1-4H3/p+1. The van der Waals surface area contributed by atoms with Crippen molar-refractivity contribution in [2.24, 2.45) is 23.5 Å². The molecule has 0 amide bonds. The van der Waals surface area contributed by atoms with Crippen LogP contribution in [0, 0.1) is 17.8 Å². The highest BCUT2D eigenvalue weighted by Gasteiger charge is 2.42. The van der Waals surface area contributed by atoms with Crippen molar-refractivity contribution in [2.75, 3.05) is 13.7 Å². The van der Waals surface area contributed by atoms with Gasteiger partial charge in [0.15, 0.2) is 0 Å². The first kappa shape index (κ1) is 29.0. The van der Waals surface area contributed by atoms with Gasteiger partial charge in [0.2, 0.25) is 0 Å². The summed E-state index contributed by atoms with van der Waals surface area (Å²) in [5, 5.41) is 12.9. The Bertz CT molecular complexity index is 618. The molecule has 1 heterocycles. The number of carbonyl (C=O) groups excluding carboxylic acids is 2. The molecule has 0 bridgehead atoms. The third kappa shape index (κ3) is 9.80. The Morgan fingerprint density at radius 2 is 1.74 bits per heavy atom. The minimum Gasteiger partial charge on any atom is -0.462 e. The third-order valence-corrected chi connectivity index (χ3v) is 7.75. The molecule has 0 spiro atoms. The number of nitrogens with two attached hydrogens (primary N) is 2. The Morgan fingerprint density at radius 3 is 2.32 bits per heavy atom. The van der Waals surface area contributed by atoms with Crippen molar-refractivity contribution in [3.05, 3.63) is 0 Å². The zero-order chi connectivity index (χ0) is 25.1. The summed E-state index contributed by atoms with van der Waals surface area (Å²) in [6, 6.07) is 0. The van der Waals surface area contributed by atoms with Gasteiger partial charge in [0.25, 0.3) is 0 Å². The van der Waals surface area contributed by atoms with Crippen LogP contribution in [0.3, 0.4) is 0 Å². The van der Waals surface area contributed by atoms with E-state index >= 15 is 0 Å². The van der Waals surface area contributed by atoms with Gasteiger partial charge in [-0.15, -0.1) is 0 Å². The first-order chi connectivity index (χ1) is 16.2. The third-order valence-electron chi connectivity index (χ3n) is 7.75. The number of quaternary nitrogens is 1. The summed E-state index contributed by atoms with van der Waals surface area (Å²) in [7, 11) is 1.67. The minimum atomic E-state index is -0.454. The molecule has 1 saturated heterocycles. The van der Waals surface area contributed by atoms with Gasteiger partial charge in [-0.05, 0) is 62.7 Å². The fourth-order valence-electron chi connectivity index (χ4n) is 6.13. The monoisotopic (exact) mass is 485 g/mol. The van der Waals surface area contributed by atoms with Gasteiger partial charge in [0.05, 0.1) is 18.8 Å². The summed E-state index contributed by atoms with van der Waals surface area (Å²) in [6.45, 7) is 6.04. The van der Waals surface area contributed by atoms with Gasteiger partial charge in [-0.3, -0.25) is 15.3 Å². The summed E-state index contributed by atoms with van der Waals surface area (Å²) in [5.41, 5.74) is 6.25. The predicted octanol–water partition coefficient (Wildman–Crippen LogP) is 2.26. The largest absolute Gasteiger partial charge is 0.462 e. The van der Waals surface area contributed by atoms with Crippen LogP contribution in [0.25, 0.3) is 0 Å². The summed E-state index contributed by atoms with van der Waals surface area (Å²) >= 11 is 0. The molecule has 8 atom stereocenters. The van der Waals surface area contributed by atoms with Gasteiger partial charge < -0.3 is 24.6 Å². The molecule has 2 aliphatic rings. The van der Waals surface area contributed by atoms with E-state index in [9.17, 15) is 14.7 Å². The lowest BCUT2D eigenvalue weighted by Crippen LogP contribution is -2.94. The van der Waals surface area contributed by atoms with Crippen LogP contribution >= 0.6 is 0 Å². The average Bonchev–Trinajstić information content (AvgIpc) is 2.77. The summed E-state index contributed by atoms with van der Waals surface area (Å²) in [6.07, 6.45) is 8.64. The SMILES string of the molecule is CCCCCC(CC(CCC1CC(OC)C(O)CC1C1CC[NH2+]C(N)C1)OC(C)=O)OC(C)=O. The molecule has 2 fully saturated rings. The fraction of sp³-hybridized carbons (Fsp3) is 0.923. The van der Waals surface area contributed by atoms with Gasteiger partial charge in [0, 0.05) is 33.8 Å². The molecule has 0 aromatic heterocycles. The molecule has 8 unspecified atom stereocenters. The maximum atomic E-state index is 11.9. The normalized spacial score (nSPS) is 31.5. The Balaban J connectivity index is 2.07. The van der Waals surface area contributed by atoms with Crippen molar-refractivity contribution in [1.82, 2.24) is 0 Å². The maximum Gasteiger partial charge on any atom is 0.302 e. The summed E-state index contributed by atoms with van der Waals surface area (Å²) < 4.78 is 16.9. The lowest BCUT2D eigenvalue weighted by molar-refractivity contribution is -0.699. The maximum absolute atomic E-state index is 11.9. The Morgan fingerprint density at radius 1 is 1.06 bits per heavy atom.